The van der Waals surface area contributed by atoms with E-state index in [1.54, 1.807) is 0 Å². The first-order chi connectivity index (χ1) is 3.79. The average molecular weight is 166 g/mol. The van der Waals surface area contributed by atoms with Gasteiger partial charge in [-0.25, -0.2) is 0 Å². The highest BCUT2D eigenvalue weighted by molar-refractivity contribution is 8.33. The van der Waals surface area contributed by atoms with E-state index in [1.165, 1.54) is 5.08 Å². The van der Waals surface area contributed by atoms with Crippen molar-refractivity contribution >= 4 is 35.3 Å². The molecule has 3 heteroatoms. The van der Waals surface area contributed by atoms with Gasteiger partial charge >= 0.3 is 0 Å². The zero-order valence-electron chi connectivity index (χ0n) is 5.09. The highest BCUT2D eigenvalue weighted by atomic mass is 32.3. The Morgan fingerprint density at radius 3 is 1.88 bits per heavy atom. The third-order valence-electron chi connectivity index (χ3n) is 0.989. The second-order valence-electron chi connectivity index (χ2n) is 1.72. The molecule has 1 fully saturated rings. The van der Waals surface area contributed by atoms with E-state index in [9.17, 15) is 0 Å². The number of hydrogen-bond donors (Lipinski definition) is 0. The minimum atomic E-state index is 0.825. The summed E-state index contributed by atoms with van der Waals surface area (Å²) in [6.45, 7) is 4.57. The maximum Gasteiger partial charge on any atom is 0.0493 e. The fourth-order valence-corrected chi connectivity index (χ4v) is 5.81. The van der Waals surface area contributed by atoms with Crippen LogP contribution in [0.1, 0.15) is 13.8 Å². The summed E-state index contributed by atoms with van der Waals surface area (Å²) in [6.07, 6.45) is 0. The summed E-state index contributed by atoms with van der Waals surface area (Å²) in [7, 11) is 0. The predicted molar refractivity (Wildman–Crippen MR) is 46.6 cm³/mol. The van der Waals surface area contributed by atoms with Gasteiger partial charge in [0.15, 0.2) is 0 Å². The SMILES string of the molecule is CC1SCSC(C)S1. The Morgan fingerprint density at radius 1 is 1.12 bits per heavy atom. The molecule has 0 aromatic rings. The van der Waals surface area contributed by atoms with Crippen LogP contribution in [0.4, 0.5) is 0 Å². The van der Waals surface area contributed by atoms with Crippen molar-refractivity contribution in [3.05, 3.63) is 0 Å². The summed E-state index contributed by atoms with van der Waals surface area (Å²) >= 11 is 6.16. The van der Waals surface area contributed by atoms with Gasteiger partial charge in [-0.05, 0) is 13.8 Å². The zero-order valence-corrected chi connectivity index (χ0v) is 7.54. The zero-order chi connectivity index (χ0) is 5.98. The van der Waals surface area contributed by atoms with E-state index in [-0.39, 0.29) is 0 Å². The van der Waals surface area contributed by atoms with Crippen molar-refractivity contribution in [3.8, 4) is 0 Å². The molecule has 1 saturated heterocycles. The fraction of sp³-hybridized carbons (Fsp3) is 1.00. The van der Waals surface area contributed by atoms with Crippen molar-refractivity contribution in [2.75, 3.05) is 5.08 Å². The van der Waals surface area contributed by atoms with E-state index in [1.807, 2.05) is 23.5 Å². The highest BCUT2D eigenvalue weighted by Gasteiger charge is 2.15. The van der Waals surface area contributed by atoms with E-state index >= 15 is 0 Å². The topological polar surface area (TPSA) is 0 Å². The van der Waals surface area contributed by atoms with Gasteiger partial charge < -0.3 is 0 Å². The van der Waals surface area contributed by atoms with Crippen LogP contribution >= 0.6 is 35.3 Å². The molecule has 0 nitrogen and oxygen atoms in total. The molecule has 1 heterocycles. The molecule has 0 aromatic heterocycles. The summed E-state index contributed by atoms with van der Waals surface area (Å²) < 4.78 is 1.65. The van der Waals surface area contributed by atoms with Crippen molar-refractivity contribution in [1.29, 1.82) is 0 Å². The Kier molecular flexibility index (Phi) is 2.93. The third kappa shape index (κ3) is 2.11. The van der Waals surface area contributed by atoms with Gasteiger partial charge in [-0.1, -0.05) is 0 Å². The van der Waals surface area contributed by atoms with Crippen molar-refractivity contribution in [2.24, 2.45) is 0 Å². The molecule has 0 aliphatic carbocycles. The van der Waals surface area contributed by atoms with E-state index in [0.29, 0.717) is 0 Å². The summed E-state index contributed by atoms with van der Waals surface area (Å²) in [5.41, 5.74) is 0. The molecule has 48 valence electrons. The van der Waals surface area contributed by atoms with Crippen LogP contribution in [0.2, 0.25) is 0 Å². The molecule has 0 bridgehead atoms. The van der Waals surface area contributed by atoms with Crippen LogP contribution in [0, 0.1) is 0 Å². The Balaban J connectivity index is 2.23. The third-order valence-corrected chi connectivity index (χ3v) is 5.27. The van der Waals surface area contributed by atoms with Crippen LogP contribution in [-0.4, -0.2) is 14.2 Å². The molecule has 0 aromatic carbocycles. The molecule has 0 amide bonds. The molecule has 1 rings (SSSR count). The first kappa shape index (κ1) is 7.16. The van der Waals surface area contributed by atoms with Crippen LogP contribution in [-0.2, 0) is 0 Å². The first-order valence-electron chi connectivity index (χ1n) is 2.67. The molecule has 2 atom stereocenters. The predicted octanol–water partition coefficient (Wildman–Crippen LogP) is 2.85. The lowest BCUT2D eigenvalue weighted by Crippen LogP contribution is -2.04. The lowest BCUT2D eigenvalue weighted by Gasteiger charge is -2.21. The normalized spacial score (nSPS) is 39.8. The molecule has 1 aliphatic heterocycles. The number of hydrogen-bond acceptors (Lipinski definition) is 3. The van der Waals surface area contributed by atoms with E-state index in [0.717, 1.165) is 9.16 Å². The van der Waals surface area contributed by atoms with Gasteiger partial charge in [-0.15, -0.1) is 35.3 Å². The van der Waals surface area contributed by atoms with Crippen LogP contribution in [0.3, 0.4) is 0 Å². The molecule has 2 unspecified atom stereocenters. The Bertz CT molecular complexity index is 66.1. The first-order valence-corrected chi connectivity index (χ1v) is 5.72. The quantitative estimate of drug-likeness (QED) is 0.543. The largest absolute Gasteiger partial charge is 0.137 e. The lowest BCUT2D eigenvalue weighted by molar-refractivity contribution is 1.34. The van der Waals surface area contributed by atoms with Crippen molar-refractivity contribution in [1.82, 2.24) is 0 Å². The molecule has 0 radical (unpaired) electrons. The Labute approximate surface area is 63.6 Å². The van der Waals surface area contributed by atoms with Crippen molar-refractivity contribution < 1.29 is 0 Å². The molecular formula is C5H10S3. The van der Waals surface area contributed by atoms with Crippen LogP contribution < -0.4 is 0 Å². The monoisotopic (exact) mass is 166 g/mol. The summed E-state index contributed by atoms with van der Waals surface area (Å²) in [5, 5.41) is 1.29. The molecule has 1 aliphatic rings. The minimum absolute atomic E-state index is 0.825. The maximum atomic E-state index is 2.28. The molecule has 8 heavy (non-hydrogen) atoms. The van der Waals surface area contributed by atoms with Gasteiger partial charge in [0.2, 0.25) is 0 Å². The van der Waals surface area contributed by atoms with Crippen LogP contribution in [0.5, 0.6) is 0 Å². The maximum absolute atomic E-state index is 2.28. The van der Waals surface area contributed by atoms with Crippen molar-refractivity contribution in [2.45, 2.75) is 23.0 Å². The molecule has 0 N–H and O–H groups in total. The molecule has 0 saturated carbocycles. The minimum Gasteiger partial charge on any atom is -0.137 e. The summed E-state index contributed by atoms with van der Waals surface area (Å²) in [5.74, 6) is 0. The second kappa shape index (κ2) is 3.28. The highest BCUT2D eigenvalue weighted by Crippen LogP contribution is 2.40. The van der Waals surface area contributed by atoms with Gasteiger partial charge in [0.05, 0.1) is 0 Å². The van der Waals surface area contributed by atoms with E-state index in [2.05, 4.69) is 25.6 Å². The average Bonchev–Trinajstić information content (AvgIpc) is 1.64. The van der Waals surface area contributed by atoms with E-state index in [4.69, 9.17) is 0 Å². The van der Waals surface area contributed by atoms with Gasteiger partial charge in [0, 0.05) is 14.2 Å². The van der Waals surface area contributed by atoms with Gasteiger partial charge in [-0.3, -0.25) is 0 Å². The van der Waals surface area contributed by atoms with Crippen LogP contribution in [0.25, 0.3) is 0 Å². The lowest BCUT2D eigenvalue weighted by atomic mass is 10.9. The molecular weight excluding hydrogens is 156 g/mol. The van der Waals surface area contributed by atoms with Gasteiger partial charge in [-0.2, -0.15) is 0 Å². The second-order valence-corrected chi connectivity index (χ2v) is 7.03. The summed E-state index contributed by atoms with van der Waals surface area (Å²) in [6, 6.07) is 0. The van der Waals surface area contributed by atoms with Gasteiger partial charge in [0.25, 0.3) is 0 Å². The Hall–Kier alpha value is 1.05. The van der Waals surface area contributed by atoms with Gasteiger partial charge in [0.1, 0.15) is 0 Å². The van der Waals surface area contributed by atoms with Crippen LogP contribution in [0.15, 0.2) is 0 Å². The van der Waals surface area contributed by atoms with Crippen molar-refractivity contribution in [3.63, 3.8) is 0 Å². The number of rotatable bonds is 0. The Morgan fingerprint density at radius 2 is 1.62 bits per heavy atom. The van der Waals surface area contributed by atoms with E-state index < -0.39 is 0 Å². The fourth-order valence-electron chi connectivity index (χ4n) is 0.579. The smallest absolute Gasteiger partial charge is 0.0493 e. The standard InChI is InChI=1S/C5H10S3/c1-4-6-3-7-5(2)8-4/h4-5H,3H2,1-2H3. The number of thioether (sulfide) groups is 3. The summed E-state index contributed by atoms with van der Waals surface area (Å²) in [4.78, 5) is 0. The molecule has 0 spiro atoms.